The number of ether oxygens (including phenoxy) is 2. The monoisotopic (exact) mass is 850 g/mol. The van der Waals surface area contributed by atoms with Crippen molar-refractivity contribution in [3.05, 3.63) is 93.7 Å². The molecule has 60 heavy (non-hydrogen) atoms. The van der Waals surface area contributed by atoms with E-state index in [1.54, 1.807) is 71.8 Å². The van der Waals surface area contributed by atoms with Gasteiger partial charge in [0.2, 0.25) is 11.8 Å². The van der Waals surface area contributed by atoms with Gasteiger partial charge in [0.15, 0.2) is 0 Å². The summed E-state index contributed by atoms with van der Waals surface area (Å²) in [7, 11) is 3.41. The average Bonchev–Trinajstić information content (AvgIpc) is 4.02. The molecule has 8 aromatic rings. The number of hydrogen-bond donors (Lipinski definition) is 2. The van der Waals surface area contributed by atoms with Gasteiger partial charge >= 0.3 is 12.0 Å². The van der Waals surface area contributed by atoms with Crippen LogP contribution in [0, 0.1) is 5.92 Å². The summed E-state index contributed by atoms with van der Waals surface area (Å²) in [5.74, 6) is 0.637. The van der Waals surface area contributed by atoms with Crippen LogP contribution in [0.3, 0.4) is 0 Å². The van der Waals surface area contributed by atoms with Crippen LogP contribution < -0.4 is 20.1 Å². The summed E-state index contributed by atoms with van der Waals surface area (Å²) in [4.78, 5) is 44.2. The number of hydrogen-bond acceptors (Lipinski definition) is 14. The number of imidazole rings is 2. The van der Waals surface area contributed by atoms with E-state index < -0.39 is 0 Å². The molecule has 0 spiro atoms. The number of tetrazole rings is 2. The van der Waals surface area contributed by atoms with E-state index in [9.17, 15) is 9.59 Å². The summed E-state index contributed by atoms with van der Waals surface area (Å²) >= 11 is 12.9. The molecule has 1 unspecified atom stereocenters. The van der Waals surface area contributed by atoms with Crippen molar-refractivity contribution in [2.24, 2.45) is 20.0 Å². The van der Waals surface area contributed by atoms with Crippen molar-refractivity contribution in [3.63, 3.8) is 0 Å². The van der Waals surface area contributed by atoms with E-state index in [-0.39, 0.29) is 43.0 Å². The molecule has 0 saturated carbocycles. The zero-order valence-electron chi connectivity index (χ0n) is 32.6. The number of aryl methyl sites for hydroxylation is 3. The molecule has 2 aromatic carbocycles. The van der Waals surface area contributed by atoms with Crippen LogP contribution in [0.1, 0.15) is 43.6 Å². The van der Waals surface area contributed by atoms with E-state index in [0.717, 1.165) is 5.56 Å². The number of nitrogens with zero attached hydrogens (tertiary/aromatic N) is 14. The lowest BCUT2D eigenvalue weighted by Crippen LogP contribution is -2.23. The average molecular weight is 852 g/mol. The highest BCUT2D eigenvalue weighted by Crippen LogP contribution is 2.32. The smallest absolute Gasteiger partial charge is 0.305 e. The third-order valence-corrected chi connectivity index (χ3v) is 10.1. The predicted octanol–water partition coefficient (Wildman–Crippen LogP) is 5.22. The summed E-state index contributed by atoms with van der Waals surface area (Å²) in [5, 5.41) is 30.3. The van der Waals surface area contributed by atoms with Gasteiger partial charge in [-0.25, -0.2) is 28.5 Å². The SMILES string of the molecule is CCC(CCc1cc(COc2nc3c(Cl)cccc3n2-c2nnnn2C)nc(NC(C)=O)c1)C(=O)Nc1cccc(COc2nc3c(Cl)cccc3n2-c2nnnn2C)n1. The Morgan fingerprint density at radius 3 is 1.83 bits per heavy atom. The Kier molecular flexibility index (Phi) is 11.3. The van der Waals surface area contributed by atoms with Crippen molar-refractivity contribution in [1.82, 2.24) is 69.5 Å². The van der Waals surface area contributed by atoms with Crippen LogP contribution in [-0.4, -0.2) is 81.3 Å². The summed E-state index contributed by atoms with van der Waals surface area (Å²) in [6.07, 6.45) is 1.57. The Balaban J connectivity index is 0.948. The maximum atomic E-state index is 13.6. The number of nitrogens with one attached hydrogen (secondary N) is 2. The standard InChI is InChI=1S/C38H36Cl2N16O4/c1-5-23(34(58)44-30-14-6-9-24(42-30)19-59-37-45-32-26(39)10-7-12-28(32)55(37)35-47-49-51-53(35)3)16-15-22-17-25(43-31(18-22)41-21(2)57)20-60-38-46-33-27(40)11-8-13-29(33)56(38)36-48-50-52-54(36)4/h6-14,17-18,23H,5,15-16,19-20H2,1-4H3,(H,41,43,57)(H,42,44,58). The lowest BCUT2D eigenvalue weighted by Gasteiger charge is -2.16. The number of halogens is 2. The second-order valence-corrected chi connectivity index (χ2v) is 14.5. The molecule has 306 valence electrons. The Hall–Kier alpha value is -7.06. The predicted molar refractivity (Wildman–Crippen MR) is 219 cm³/mol. The van der Waals surface area contributed by atoms with Crippen LogP contribution in [0.15, 0.2) is 66.7 Å². The molecular formula is C38H36Cl2N16O4. The minimum atomic E-state index is -0.363. The summed E-state index contributed by atoms with van der Waals surface area (Å²) in [6.45, 7) is 3.37. The fourth-order valence-electron chi connectivity index (χ4n) is 6.61. The molecule has 6 aromatic heterocycles. The van der Waals surface area contributed by atoms with Crippen LogP contribution in [0.25, 0.3) is 34.0 Å². The molecule has 20 nitrogen and oxygen atoms in total. The van der Waals surface area contributed by atoms with Gasteiger partial charge in [0.05, 0.1) is 32.5 Å². The molecule has 22 heteroatoms. The van der Waals surface area contributed by atoms with Crippen molar-refractivity contribution < 1.29 is 19.1 Å². The first-order chi connectivity index (χ1) is 29.1. The van der Waals surface area contributed by atoms with Crippen molar-refractivity contribution in [3.8, 4) is 23.9 Å². The number of amides is 2. The van der Waals surface area contributed by atoms with Gasteiger partial charge in [-0.15, -0.1) is 0 Å². The van der Waals surface area contributed by atoms with Crippen molar-refractivity contribution >= 4 is 68.7 Å². The van der Waals surface area contributed by atoms with Gasteiger partial charge in [-0.1, -0.05) is 58.5 Å². The Bertz CT molecular complexity index is 2870. The number of rotatable bonds is 15. The van der Waals surface area contributed by atoms with Crippen LogP contribution in [-0.2, 0) is 43.3 Å². The molecule has 6 heterocycles. The Morgan fingerprint density at radius 1 is 0.717 bits per heavy atom. The van der Waals surface area contributed by atoms with Gasteiger partial charge in [0.1, 0.15) is 35.9 Å². The lowest BCUT2D eigenvalue weighted by atomic mass is 9.96. The highest BCUT2D eigenvalue weighted by atomic mass is 35.5. The molecule has 0 saturated heterocycles. The van der Waals surface area contributed by atoms with E-state index in [2.05, 4.69) is 61.6 Å². The zero-order valence-corrected chi connectivity index (χ0v) is 34.1. The first-order valence-corrected chi connectivity index (χ1v) is 19.4. The first-order valence-electron chi connectivity index (χ1n) is 18.7. The molecule has 2 amide bonds. The number of anilines is 2. The van der Waals surface area contributed by atoms with E-state index in [1.165, 1.54) is 16.3 Å². The van der Waals surface area contributed by atoms with E-state index in [0.29, 0.717) is 86.3 Å². The minimum absolute atomic E-state index is 0.0143. The van der Waals surface area contributed by atoms with Crippen LogP contribution in [0.4, 0.5) is 11.6 Å². The molecule has 1 atom stereocenters. The number of carbonyl (C=O) groups is 2. The van der Waals surface area contributed by atoms with Crippen molar-refractivity contribution in [2.45, 2.75) is 46.3 Å². The molecule has 0 aliphatic rings. The van der Waals surface area contributed by atoms with Gasteiger partial charge in [-0.05, 0) is 94.2 Å². The summed E-state index contributed by atoms with van der Waals surface area (Å²) in [6, 6.07) is 20.1. The van der Waals surface area contributed by atoms with Crippen LogP contribution in [0.2, 0.25) is 10.0 Å². The molecule has 8 rings (SSSR count). The number of benzene rings is 2. The third-order valence-electron chi connectivity index (χ3n) is 9.45. The van der Waals surface area contributed by atoms with Gasteiger partial charge in [-0.2, -0.15) is 9.97 Å². The van der Waals surface area contributed by atoms with Crippen molar-refractivity contribution in [1.29, 1.82) is 0 Å². The number of aromatic nitrogens is 14. The first kappa shape index (κ1) is 39.8. The van der Waals surface area contributed by atoms with Gasteiger partial charge in [0, 0.05) is 26.9 Å². The van der Waals surface area contributed by atoms with Gasteiger partial charge in [-0.3, -0.25) is 9.59 Å². The number of para-hydroxylation sites is 2. The largest absolute Gasteiger partial charge is 0.458 e. The molecular weight excluding hydrogens is 815 g/mol. The maximum Gasteiger partial charge on any atom is 0.305 e. The highest BCUT2D eigenvalue weighted by Gasteiger charge is 2.23. The molecule has 0 aliphatic heterocycles. The fraction of sp³-hybridized carbons (Fsp3) is 0.263. The second-order valence-electron chi connectivity index (χ2n) is 13.6. The van der Waals surface area contributed by atoms with Crippen molar-refractivity contribution in [2.75, 3.05) is 10.6 Å². The topological polar surface area (TPSA) is 225 Å². The molecule has 0 aliphatic carbocycles. The molecule has 2 N–H and O–H groups in total. The van der Waals surface area contributed by atoms with E-state index in [4.69, 9.17) is 32.7 Å². The normalized spacial score (nSPS) is 11.9. The second kappa shape index (κ2) is 17.0. The molecule has 0 bridgehead atoms. The quantitative estimate of drug-likeness (QED) is 0.135. The molecule has 0 radical (unpaired) electrons. The van der Waals surface area contributed by atoms with E-state index >= 15 is 0 Å². The maximum absolute atomic E-state index is 13.6. The third kappa shape index (κ3) is 8.27. The van der Waals surface area contributed by atoms with Gasteiger partial charge in [0.25, 0.3) is 11.9 Å². The zero-order chi connectivity index (χ0) is 41.9. The summed E-state index contributed by atoms with van der Waals surface area (Å²) < 4.78 is 18.7. The van der Waals surface area contributed by atoms with Gasteiger partial charge < -0.3 is 20.1 Å². The highest BCUT2D eigenvalue weighted by molar-refractivity contribution is 6.35. The number of pyridine rings is 2. The van der Waals surface area contributed by atoms with Crippen LogP contribution in [0.5, 0.6) is 12.0 Å². The Morgan fingerprint density at radius 2 is 1.28 bits per heavy atom. The number of fused-ring (bicyclic) bond motifs is 2. The Labute approximate surface area is 350 Å². The lowest BCUT2D eigenvalue weighted by molar-refractivity contribution is -0.120. The minimum Gasteiger partial charge on any atom is -0.458 e. The summed E-state index contributed by atoms with van der Waals surface area (Å²) in [5.41, 5.74) is 4.26. The molecule has 0 fully saturated rings. The fourth-order valence-corrected chi connectivity index (χ4v) is 7.03. The van der Waals surface area contributed by atoms with E-state index in [1.807, 2.05) is 25.1 Å². The number of carbonyl (C=O) groups excluding carboxylic acids is 2. The van der Waals surface area contributed by atoms with Crippen LogP contribution >= 0.6 is 23.2 Å².